The number of ether oxygens (including phenoxy) is 4. The zero-order chi connectivity index (χ0) is 18.7. The van der Waals surface area contributed by atoms with Gasteiger partial charge in [0.1, 0.15) is 42.3 Å². The highest BCUT2D eigenvalue weighted by atomic mass is 19.1. The summed E-state index contributed by atoms with van der Waals surface area (Å²) in [5, 5.41) is 11.4. The predicted molar refractivity (Wildman–Crippen MR) is 87.4 cm³/mol. The number of hydrogen-bond acceptors (Lipinski definition) is 6. The van der Waals surface area contributed by atoms with Crippen molar-refractivity contribution < 1.29 is 33.2 Å². The minimum Gasteiger partial charge on any atom is -0.458 e. The number of epoxide rings is 3. The lowest BCUT2D eigenvalue weighted by molar-refractivity contribution is -0.136. The molecule has 0 aromatic heterocycles. The van der Waals surface area contributed by atoms with Gasteiger partial charge in [-0.15, -0.1) is 0 Å². The van der Waals surface area contributed by atoms with E-state index in [0.29, 0.717) is 6.42 Å². The number of carbonyl (C=O) groups is 1. The number of carbonyl (C=O) groups excluding carboxylic acids is 1. The third-order valence-corrected chi connectivity index (χ3v) is 9.05. The van der Waals surface area contributed by atoms with Crippen molar-refractivity contribution in [3.63, 3.8) is 0 Å². The fourth-order valence-electron chi connectivity index (χ4n) is 7.75. The van der Waals surface area contributed by atoms with E-state index in [1.165, 1.54) is 0 Å². The van der Waals surface area contributed by atoms with E-state index in [2.05, 4.69) is 13.8 Å². The van der Waals surface area contributed by atoms with Crippen LogP contribution in [0.5, 0.6) is 0 Å². The maximum absolute atomic E-state index is 15.2. The molecule has 0 aromatic rings. The number of fused-ring (bicyclic) bond motifs is 4. The molecule has 7 heteroatoms. The second kappa shape index (κ2) is 3.99. The van der Waals surface area contributed by atoms with E-state index in [1.54, 1.807) is 0 Å². The zero-order valence-electron chi connectivity index (χ0n) is 15.5. The molecule has 4 aliphatic heterocycles. The normalized spacial score (nSPS) is 64.0. The summed E-state index contributed by atoms with van der Waals surface area (Å²) in [6.07, 6.45) is -1.82. The fourth-order valence-corrected chi connectivity index (χ4v) is 7.75. The molecule has 3 aliphatic carbocycles. The highest BCUT2D eigenvalue weighted by Gasteiger charge is 3.00. The molecule has 1 N–H and O–H groups in total. The monoisotopic (exact) mass is 378 g/mol. The third kappa shape index (κ3) is 1.27. The molecule has 5 fully saturated rings. The van der Waals surface area contributed by atoms with Crippen LogP contribution in [-0.2, 0) is 23.7 Å². The van der Waals surface area contributed by atoms with E-state index in [0.717, 1.165) is 5.57 Å². The van der Waals surface area contributed by atoms with Crippen LogP contribution in [0.4, 0.5) is 4.39 Å². The van der Waals surface area contributed by atoms with Gasteiger partial charge in [-0.05, 0) is 30.3 Å². The van der Waals surface area contributed by atoms with Gasteiger partial charge in [0.05, 0.1) is 11.7 Å². The van der Waals surface area contributed by atoms with Gasteiger partial charge in [0.2, 0.25) is 0 Å². The van der Waals surface area contributed by atoms with Gasteiger partial charge in [-0.2, -0.15) is 0 Å². The predicted octanol–water partition coefficient (Wildman–Crippen LogP) is 1.05. The number of halogens is 1. The number of alkyl halides is 1. The van der Waals surface area contributed by atoms with E-state index < -0.39 is 40.5 Å². The first kappa shape index (κ1) is 15.9. The summed E-state index contributed by atoms with van der Waals surface area (Å²) in [6.45, 7) is 6.31. The van der Waals surface area contributed by atoms with Crippen LogP contribution in [0.3, 0.4) is 0 Å². The summed E-state index contributed by atoms with van der Waals surface area (Å²) in [5.41, 5.74) is -1.76. The van der Waals surface area contributed by atoms with Crippen LogP contribution in [0.15, 0.2) is 11.1 Å². The lowest BCUT2D eigenvalue weighted by atomic mass is 9.46. The highest BCUT2D eigenvalue weighted by molar-refractivity contribution is 5.93. The molecule has 2 spiro atoms. The summed E-state index contributed by atoms with van der Waals surface area (Å²) < 4.78 is 39.0. The van der Waals surface area contributed by atoms with Gasteiger partial charge in [-0.25, -0.2) is 9.18 Å². The van der Waals surface area contributed by atoms with Crippen molar-refractivity contribution in [2.45, 2.75) is 81.0 Å². The van der Waals surface area contributed by atoms with Gasteiger partial charge < -0.3 is 24.1 Å². The molecular weight excluding hydrogens is 355 g/mol. The Bertz CT molecular complexity index is 855. The number of aliphatic hydroxyl groups excluding tert-OH is 1. The van der Waals surface area contributed by atoms with E-state index in [1.807, 2.05) is 6.92 Å². The lowest BCUT2D eigenvalue weighted by Gasteiger charge is -2.53. The first-order chi connectivity index (χ1) is 12.8. The Morgan fingerprint density at radius 2 is 2.00 bits per heavy atom. The minimum absolute atomic E-state index is 0.0333. The van der Waals surface area contributed by atoms with Crippen LogP contribution in [0.2, 0.25) is 0 Å². The summed E-state index contributed by atoms with van der Waals surface area (Å²) in [5.74, 6) is -0.416. The topological polar surface area (TPSA) is 84.1 Å². The highest BCUT2D eigenvalue weighted by Crippen LogP contribution is 2.82. The number of cyclic esters (lactones) is 1. The molecule has 0 unspecified atom stereocenters. The quantitative estimate of drug-likeness (QED) is 0.542. The Kier molecular flexibility index (Phi) is 2.34. The van der Waals surface area contributed by atoms with Crippen LogP contribution < -0.4 is 0 Å². The molecule has 3 saturated heterocycles. The Hall–Kier alpha value is -1.02. The lowest BCUT2D eigenvalue weighted by Crippen LogP contribution is -2.69. The van der Waals surface area contributed by atoms with Crippen molar-refractivity contribution in [2.75, 3.05) is 6.61 Å². The first-order valence-corrected chi connectivity index (χ1v) is 10.0. The summed E-state index contributed by atoms with van der Waals surface area (Å²) in [6, 6.07) is 0. The van der Waals surface area contributed by atoms with Gasteiger partial charge >= 0.3 is 5.97 Å². The average molecular weight is 378 g/mol. The fraction of sp³-hybridized carbons (Fsp3) is 0.850. The molecular formula is C20H23FO6. The molecule has 0 amide bonds. The summed E-state index contributed by atoms with van der Waals surface area (Å²) in [7, 11) is 0. The molecule has 4 heterocycles. The molecule has 6 nitrogen and oxygen atoms in total. The van der Waals surface area contributed by atoms with Crippen molar-refractivity contribution in [1.29, 1.82) is 0 Å². The average Bonchev–Trinajstić information content (AvgIpc) is 3.48. The molecule has 146 valence electrons. The van der Waals surface area contributed by atoms with Crippen LogP contribution in [-0.4, -0.2) is 65.1 Å². The number of aliphatic hydroxyl groups is 1. The van der Waals surface area contributed by atoms with Gasteiger partial charge in [0.15, 0.2) is 5.60 Å². The summed E-state index contributed by atoms with van der Waals surface area (Å²) in [4.78, 5) is 12.0. The van der Waals surface area contributed by atoms with Crippen LogP contribution >= 0.6 is 0 Å². The van der Waals surface area contributed by atoms with E-state index in [4.69, 9.17) is 18.9 Å². The maximum atomic E-state index is 15.2. The van der Waals surface area contributed by atoms with Crippen molar-refractivity contribution in [3.8, 4) is 0 Å². The van der Waals surface area contributed by atoms with Crippen molar-refractivity contribution in [2.24, 2.45) is 17.3 Å². The Labute approximate surface area is 156 Å². The largest absolute Gasteiger partial charge is 0.458 e. The molecule has 7 aliphatic rings. The van der Waals surface area contributed by atoms with Gasteiger partial charge in [-0.3, -0.25) is 0 Å². The van der Waals surface area contributed by atoms with Crippen molar-refractivity contribution in [1.82, 2.24) is 0 Å². The SMILES string of the molecule is CC(C)[C@]12O[C@H]1[C@@H]1O[C@]13[C@]1(O[C@H]1C[C@H]1C4=C(C(=O)OC4)[C@H](F)C[C@@]13C)[C@@H]2O. The van der Waals surface area contributed by atoms with Crippen LogP contribution in [0, 0.1) is 17.3 Å². The number of hydrogen-bond donors (Lipinski definition) is 1. The van der Waals surface area contributed by atoms with E-state index >= 15 is 4.39 Å². The zero-order valence-corrected chi connectivity index (χ0v) is 15.5. The molecule has 0 bridgehead atoms. The number of rotatable bonds is 1. The van der Waals surface area contributed by atoms with Crippen LogP contribution in [0.25, 0.3) is 0 Å². The minimum atomic E-state index is -1.36. The molecule has 10 atom stereocenters. The molecule has 2 saturated carbocycles. The summed E-state index contributed by atoms with van der Waals surface area (Å²) >= 11 is 0. The van der Waals surface area contributed by atoms with E-state index in [-0.39, 0.29) is 48.7 Å². The van der Waals surface area contributed by atoms with Crippen molar-refractivity contribution >= 4 is 5.97 Å². The molecule has 0 aromatic carbocycles. The first-order valence-electron chi connectivity index (χ1n) is 10.0. The van der Waals surface area contributed by atoms with Gasteiger partial charge in [0.25, 0.3) is 0 Å². The van der Waals surface area contributed by atoms with Gasteiger partial charge in [-0.1, -0.05) is 20.8 Å². The standard InChI is InChI=1S/C20H23FO6/c1-7(2)18-13(26-18)14-20(27-14)17(3)5-10(21)12-8(6-24-15(12)22)9(17)4-11-19(20,25-11)16(18)23/h7,9-11,13-14,16,23H,4-6H2,1-3H3/t9-,10+,11-,13-,14-,16+,17-,18-,19+,20+/m0/s1. The van der Waals surface area contributed by atoms with Gasteiger partial charge in [0, 0.05) is 5.41 Å². The maximum Gasteiger partial charge on any atom is 0.337 e. The molecule has 7 rings (SSSR count). The Balaban J connectivity index is 1.40. The van der Waals surface area contributed by atoms with Crippen molar-refractivity contribution in [3.05, 3.63) is 11.1 Å². The third-order valence-electron chi connectivity index (χ3n) is 9.05. The molecule has 0 radical (unpaired) electrons. The second-order valence-corrected chi connectivity index (χ2v) is 10.0. The second-order valence-electron chi connectivity index (χ2n) is 10.0. The number of esters is 1. The Morgan fingerprint density at radius 3 is 2.74 bits per heavy atom. The van der Waals surface area contributed by atoms with Crippen LogP contribution in [0.1, 0.15) is 33.6 Å². The molecule has 27 heavy (non-hydrogen) atoms. The smallest absolute Gasteiger partial charge is 0.337 e. The van der Waals surface area contributed by atoms with E-state index in [9.17, 15) is 9.90 Å². The Morgan fingerprint density at radius 1 is 1.22 bits per heavy atom.